The number of carbonyl (C=O) groups excluding carboxylic acids is 1. The van der Waals surface area contributed by atoms with Gasteiger partial charge in [0.1, 0.15) is 6.10 Å². The van der Waals surface area contributed by atoms with Crippen LogP contribution in [-0.4, -0.2) is 18.9 Å². The van der Waals surface area contributed by atoms with Crippen LogP contribution in [0.25, 0.3) is 0 Å². The van der Waals surface area contributed by atoms with Gasteiger partial charge in [-0.15, -0.1) is 0 Å². The van der Waals surface area contributed by atoms with Crippen molar-refractivity contribution in [2.24, 2.45) is 0 Å². The van der Waals surface area contributed by atoms with Crippen molar-refractivity contribution >= 4 is 6.16 Å². The molecule has 0 amide bonds. The zero-order chi connectivity index (χ0) is 20.7. The lowest BCUT2D eigenvalue weighted by atomic mass is 10.0. The average molecular weight is 399 g/mol. The molecule has 168 valence electrons. The molecule has 0 radical (unpaired) electrons. The highest BCUT2D eigenvalue weighted by atomic mass is 16.7. The summed E-state index contributed by atoms with van der Waals surface area (Å²) in [5.74, 6) is 0. The molecule has 0 aromatic carbocycles. The van der Waals surface area contributed by atoms with Gasteiger partial charge in [0, 0.05) is 0 Å². The van der Waals surface area contributed by atoms with Gasteiger partial charge in [0.25, 0.3) is 0 Å². The van der Waals surface area contributed by atoms with Crippen LogP contribution in [-0.2, 0) is 9.47 Å². The van der Waals surface area contributed by atoms with E-state index in [0.717, 1.165) is 32.1 Å². The van der Waals surface area contributed by atoms with Crippen LogP contribution in [0.2, 0.25) is 0 Å². The van der Waals surface area contributed by atoms with Crippen LogP contribution in [0.1, 0.15) is 143 Å². The van der Waals surface area contributed by atoms with Gasteiger partial charge in [-0.3, -0.25) is 0 Å². The van der Waals surface area contributed by atoms with Crippen molar-refractivity contribution in [3.05, 3.63) is 0 Å². The van der Waals surface area contributed by atoms with E-state index in [0.29, 0.717) is 6.61 Å². The Morgan fingerprint density at radius 2 is 1.04 bits per heavy atom. The van der Waals surface area contributed by atoms with Gasteiger partial charge in [-0.2, -0.15) is 0 Å². The number of unbranched alkanes of at least 4 members (excludes halogenated alkanes) is 15. The van der Waals surface area contributed by atoms with E-state index in [4.69, 9.17) is 9.47 Å². The van der Waals surface area contributed by atoms with Crippen molar-refractivity contribution in [2.45, 2.75) is 149 Å². The molecule has 0 bridgehead atoms. The number of hydrogen-bond acceptors (Lipinski definition) is 3. The summed E-state index contributed by atoms with van der Waals surface area (Å²) in [6, 6.07) is 0. The molecule has 1 atom stereocenters. The van der Waals surface area contributed by atoms with Gasteiger partial charge >= 0.3 is 6.16 Å². The van der Waals surface area contributed by atoms with Crippen molar-refractivity contribution in [3.8, 4) is 0 Å². The molecule has 0 saturated heterocycles. The largest absolute Gasteiger partial charge is 0.508 e. The summed E-state index contributed by atoms with van der Waals surface area (Å²) in [5.41, 5.74) is 0. The van der Waals surface area contributed by atoms with Crippen molar-refractivity contribution in [1.82, 2.24) is 0 Å². The second-order valence-corrected chi connectivity index (χ2v) is 8.34. The summed E-state index contributed by atoms with van der Waals surface area (Å²) < 4.78 is 10.6. The first-order chi connectivity index (χ1) is 13.7. The maximum absolute atomic E-state index is 11.7. The molecule has 28 heavy (non-hydrogen) atoms. The molecule has 3 heteroatoms. The molecule has 0 heterocycles. The SMILES string of the molecule is CCCCCCCCCCCCCCCCOC(=O)OC(CC)CCCCC. The summed E-state index contributed by atoms with van der Waals surface area (Å²) in [6.07, 6.45) is 23.6. The third kappa shape index (κ3) is 20.0. The lowest BCUT2D eigenvalue weighted by Crippen LogP contribution is -2.18. The van der Waals surface area contributed by atoms with Gasteiger partial charge in [-0.25, -0.2) is 4.79 Å². The van der Waals surface area contributed by atoms with Gasteiger partial charge in [0.05, 0.1) is 6.61 Å². The Labute approximate surface area is 176 Å². The molecule has 0 N–H and O–H groups in total. The predicted octanol–water partition coefficient (Wildman–Crippen LogP) is 8.98. The van der Waals surface area contributed by atoms with Crippen LogP contribution in [0.15, 0.2) is 0 Å². The summed E-state index contributed by atoms with van der Waals surface area (Å²) in [5, 5.41) is 0. The number of ether oxygens (including phenoxy) is 2. The summed E-state index contributed by atoms with van der Waals surface area (Å²) in [4.78, 5) is 11.7. The van der Waals surface area contributed by atoms with Crippen LogP contribution in [0, 0.1) is 0 Å². The minimum absolute atomic E-state index is 0.0235. The molecule has 0 aliphatic carbocycles. The number of hydrogen-bond donors (Lipinski definition) is 0. The molecule has 0 fully saturated rings. The van der Waals surface area contributed by atoms with E-state index in [1.807, 2.05) is 0 Å². The fourth-order valence-corrected chi connectivity index (χ4v) is 3.59. The Hall–Kier alpha value is -0.730. The molecule has 0 rings (SSSR count). The number of carbonyl (C=O) groups is 1. The van der Waals surface area contributed by atoms with E-state index < -0.39 is 6.16 Å². The maximum Gasteiger partial charge on any atom is 0.508 e. The summed E-state index contributed by atoms with van der Waals surface area (Å²) in [6.45, 7) is 7.03. The Balaban J connectivity index is 3.30. The molecule has 1 unspecified atom stereocenters. The second-order valence-electron chi connectivity index (χ2n) is 8.34. The number of rotatable bonds is 21. The highest BCUT2D eigenvalue weighted by Crippen LogP contribution is 2.14. The molecule has 0 aromatic rings. The zero-order valence-electron chi connectivity index (χ0n) is 19.4. The zero-order valence-corrected chi connectivity index (χ0v) is 19.4. The third-order valence-corrected chi connectivity index (χ3v) is 5.57. The molecule has 0 aliphatic heterocycles. The van der Waals surface area contributed by atoms with E-state index in [-0.39, 0.29) is 6.10 Å². The van der Waals surface area contributed by atoms with Crippen molar-refractivity contribution < 1.29 is 14.3 Å². The quantitative estimate of drug-likeness (QED) is 0.143. The topological polar surface area (TPSA) is 35.5 Å². The lowest BCUT2D eigenvalue weighted by Gasteiger charge is -2.15. The van der Waals surface area contributed by atoms with Crippen molar-refractivity contribution in [1.29, 1.82) is 0 Å². The van der Waals surface area contributed by atoms with Crippen LogP contribution in [0.5, 0.6) is 0 Å². The molecular formula is C25H50O3. The van der Waals surface area contributed by atoms with E-state index in [1.165, 1.54) is 89.9 Å². The Morgan fingerprint density at radius 3 is 1.50 bits per heavy atom. The highest BCUT2D eigenvalue weighted by molar-refractivity contribution is 5.60. The molecule has 0 saturated carbocycles. The molecule has 3 nitrogen and oxygen atoms in total. The third-order valence-electron chi connectivity index (χ3n) is 5.57. The van der Waals surface area contributed by atoms with Crippen LogP contribution >= 0.6 is 0 Å². The molecular weight excluding hydrogens is 348 g/mol. The predicted molar refractivity (Wildman–Crippen MR) is 121 cm³/mol. The Bertz CT molecular complexity index is 317. The monoisotopic (exact) mass is 398 g/mol. The molecule has 0 aliphatic rings. The van der Waals surface area contributed by atoms with Crippen molar-refractivity contribution in [3.63, 3.8) is 0 Å². The molecule has 0 spiro atoms. The standard InChI is InChI=1S/C25H50O3/c1-4-7-9-10-11-12-13-14-15-16-17-18-19-21-23-27-25(26)28-24(6-3)22-20-8-5-2/h24H,4-23H2,1-3H3. The molecule has 0 aromatic heterocycles. The maximum atomic E-state index is 11.7. The summed E-state index contributed by atoms with van der Waals surface area (Å²) >= 11 is 0. The fourth-order valence-electron chi connectivity index (χ4n) is 3.59. The van der Waals surface area contributed by atoms with Gasteiger partial charge in [0.15, 0.2) is 0 Å². The van der Waals surface area contributed by atoms with E-state index in [9.17, 15) is 4.79 Å². The van der Waals surface area contributed by atoms with Gasteiger partial charge in [0.2, 0.25) is 0 Å². The van der Waals surface area contributed by atoms with Gasteiger partial charge in [-0.05, 0) is 25.7 Å². The van der Waals surface area contributed by atoms with E-state index >= 15 is 0 Å². The first-order valence-corrected chi connectivity index (χ1v) is 12.6. The minimum atomic E-state index is -0.474. The minimum Gasteiger partial charge on any atom is -0.434 e. The average Bonchev–Trinajstić information content (AvgIpc) is 2.70. The smallest absolute Gasteiger partial charge is 0.434 e. The van der Waals surface area contributed by atoms with Gasteiger partial charge < -0.3 is 9.47 Å². The van der Waals surface area contributed by atoms with Crippen molar-refractivity contribution in [2.75, 3.05) is 6.61 Å². The highest BCUT2D eigenvalue weighted by Gasteiger charge is 2.13. The summed E-state index contributed by atoms with van der Waals surface area (Å²) in [7, 11) is 0. The first kappa shape index (κ1) is 27.3. The van der Waals surface area contributed by atoms with E-state index in [2.05, 4.69) is 20.8 Å². The fraction of sp³-hybridized carbons (Fsp3) is 0.960. The van der Waals surface area contributed by atoms with Gasteiger partial charge in [-0.1, -0.05) is 117 Å². The van der Waals surface area contributed by atoms with Crippen LogP contribution < -0.4 is 0 Å². The van der Waals surface area contributed by atoms with Crippen LogP contribution in [0.3, 0.4) is 0 Å². The van der Waals surface area contributed by atoms with Crippen LogP contribution in [0.4, 0.5) is 4.79 Å². The lowest BCUT2D eigenvalue weighted by molar-refractivity contribution is 0.0179. The Kier molecular flexibility index (Phi) is 22.0. The first-order valence-electron chi connectivity index (χ1n) is 12.6. The Morgan fingerprint density at radius 1 is 0.607 bits per heavy atom. The normalized spacial score (nSPS) is 12.1. The second kappa shape index (κ2) is 22.6. The van der Waals surface area contributed by atoms with E-state index in [1.54, 1.807) is 0 Å².